The van der Waals surface area contributed by atoms with Gasteiger partial charge in [0.2, 0.25) is 5.91 Å². The third-order valence-corrected chi connectivity index (χ3v) is 5.48. The zero-order valence-electron chi connectivity index (χ0n) is 14.8. The van der Waals surface area contributed by atoms with E-state index >= 15 is 0 Å². The normalized spacial score (nSPS) is 16.2. The zero-order valence-corrected chi connectivity index (χ0v) is 16.3. The lowest BCUT2D eigenvalue weighted by Crippen LogP contribution is -2.32. The summed E-state index contributed by atoms with van der Waals surface area (Å²) in [5.74, 6) is -1.85. The van der Waals surface area contributed by atoms with Gasteiger partial charge in [-0.25, -0.2) is 8.78 Å². The number of nitrogens with zero attached hydrogens (tertiary/aromatic N) is 2. The standard InChI is InChI=1S/C18H20ClF2N3OS/c1-9(2)22-15(25)7-13-14-6-10(8-24(14)18(26)23(13)3)16-12(20)5-4-11(19)17(16)21/h4-5,9-10H,6-8H2,1-3H3,(H,22,25). The van der Waals surface area contributed by atoms with Crippen LogP contribution in [0.1, 0.15) is 36.7 Å². The van der Waals surface area contributed by atoms with Crippen molar-refractivity contribution in [3.8, 4) is 0 Å². The summed E-state index contributed by atoms with van der Waals surface area (Å²) in [5.41, 5.74) is 1.61. The molecule has 1 aromatic carbocycles. The van der Waals surface area contributed by atoms with E-state index < -0.39 is 17.6 Å². The number of fused-ring (bicyclic) bond motifs is 1. The summed E-state index contributed by atoms with van der Waals surface area (Å²) in [6.45, 7) is 4.14. The Hall–Kier alpha value is -1.73. The van der Waals surface area contributed by atoms with Crippen molar-refractivity contribution < 1.29 is 13.6 Å². The maximum absolute atomic E-state index is 14.4. The first kappa shape index (κ1) is 19.0. The van der Waals surface area contributed by atoms with Crippen molar-refractivity contribution in [2.75, 3.05) is 0 Å². The first-order valence-corrected chi connectivity index (χ1v) is 9.19. The maximum atomic E-state index is 14.4. The molecule has 0 aliphatic carbocycles. The van der Waals surface area contributed by atoms with E-state index in [0.29, 0.717) is 17.7 Å². The molecule has 26 heavy (non-hydrogen) atoms. The molecule has 0 fully saturated rings. The van der Waals surface area contributed by atoms with Crippen LogP contribution in [0.25, 0.3) is 0 Å². The van der Waals surface area contributed by atoms with Crippen LogP contribution < -0.4 is 5.32 Å². The fourth-order valence-corrected chi connectivity index (χ4v) is 4.01. The Morgan fingerprint density at radius 1 is 1.42 bits per heavy atom. The number of benzene rings is 1. The molecular weight excluding hydrogens is 380 g/mol. The third-order valence-electron chi connectivity index (χ3n) is 4.69. The van der Waals surface area contributed by atoms with Crippen LogP contribution in [-0.4, -0.2) is 21.1 Å². The monoisotopic (exact) mass is 399 g/mol. The number of imidazole rings is 1. The predicted molar refractivity (Wildman–Crippen MR) is 99.0 cm³/mol. The Bertz CT molecular complexity index is 935. The van der Waals surface area contributed by atoms with Crippen LogP contribution in [0.5, 0.6) is 0 Å². The summed E-state index contributed by atoms with van der Waals surface area (Å²) in [6, 6.07) is 2.43. The number of nitrogens with one attached hydrogen (secondary N) is 1. The van der Waals surface area contributed by atoms with Gasteiger partial charge in [0.05, 0.1) is 11.4 Å². The average molecular weight is 400 g/mol. The van der Waals surface area contributed by atoms with Crippen molar-refractivity contribution in [3.05, 3.63) is 50.5 Å². The van der Waals surface area contributed by atoms with Gasteiger partial charge in [0.15, 0.2) is 4.77 Å². The Morgan fingerprint density at radius 2 is 2.12 bits per heavy atom. The molecule has 1 N–H and O–H groups in total. The van der Waals surface area contributed by atoms with Crippen molar-refractivity contribution in [2.45, 2.75) is 45.2 Å². The molecule has 1 aliphatic heterocycles. The molecule has 2 heterocycles. The SMILES string of the molecule is CC(C)NC(=O)Cc1c2n(c(=S)n1C)CC(c1c(F)ccc(Cl)c1F)C2. The molecule has 2 aromatic rings. The minimum Gasteiger partial charge on any atom is -0.354 e. The van der Waals surface area contributed by atoms with Gasteiger partial charge in [-0.1, -0.05) is 11.6 Å². The maximum Gasteiger partial charge on any atom is 0.226 e. The minimum absolute atomic E-state index is 0.0177. The number of aromatic nitrogens is 2. The number of carbonyl (C=O) groups is 1. The third kappa shape index (κ3) is 3.30. The molecule has 1 aliphatic rings. The summed E-state index contributed by atoms with van der Waals surface area (Å²) in [6.07, 6.45) is 0.580. The van der Waals surface area contributed by atoms with Crippen molar-refractivity contribution >= 4 is 29.7 Å². The summed E-state index contributed by atoms with van der Waals surface area (Å²) >= 11 is 11.3. The quantitative estimate of drug-likeness (QED) is 0.625. The molecular formula is C18H20ClF2N3OS. The van der Waals surface area contributed by atoms with Gasteiger partial charge in [-0.15, -0.1) is 0 Å². The number of hydrogen-bond donors (Lipinski definition) is 1. The zero-order chi connectivity index (χ0) is 19.2. The molecule has 1 aromatic heterocycles. The van der Waals surface area contributed by atoms with Crippen molar-refractivity contribution in [1.82, 2.24) is 14.5 Å². The van der Waals surface area contributed by atoms with Gasteiger partial charge in [0.25, 0.3) is 0 Å². The van der Waals surface area contributed by atoms with E-state index in [1.165, 1.54) is 12.1 Å². The van der Waals surface area contributed by atoms with Gasteiger partial charge in [0, 0.05) is 42.5 Å². The Balaban J connectivity index is 1.95. The molecule has 1 amide bonds. The van der Waals surface area contributed by atoms with E-state index in [-0.39, 0.29) is 29.0 Å². The van der Waals surface area contributed by atoms with Crippen LogP contribution in [0.15, 0.2) is 12.1 Å². The number of hydrogen-bond acceptors (Lipinski definition) is 2. The second-order valence-electron chi connectivity index (χ2n) is 6.90. The molecule has 0 spiro atoms. The minimum atomic E-state index is -0.725. The van der Waals surface area contributed by atoms with Gasteiger partial charge in [-0.05, 0) is 44.6 Å². The van der Waals surface area contributed by atoms with Gasteiger partial charge in [0.1, 0.15) is 11.6 Å². The van der Waals surface area contributed by atoms with Crippen LogP contribution in [-0.2, 0) is 31.2 Å². The lowest BCUT2D eigenvalue weighted by atomic mass is 9.95. The highest BCUT2D eigenvalue weighted by Gasteiger charge is 2.32. The second kappa shape index (κ2) is 7.12. The van der Waals surface area contributed by atoms with Crippen LogP contribution in [0.2, 0.25) is 5.02 Å². The number of carbonyl (C=O) groups excluding carboxylic acids is 1. The number of rotatable bonds is 4. The fourth-order valence-electron chi connectivity index (χ4n) is 3.55. The molecule has 0 bridgehead atoms. The smallest absolute Gasteiger partial charge is 0.226 e. The Labute approximate surface area is 160 Å². The van der Waals surface area contributed by atoms with E-state index in [1.807, 2.05) is 18.4 Å². The molecule has 1 unspecified atom stereocenters. The highest BCUT2D eigenvalue weighted by Crippen LogP contribution is 2.37. The first-order chi connectivity index (χ1) is 12.2. The van der Waals surface area contributed by atoms with E-state index in [4.69, 9.17) is 23.8 Å². The van der Waals surface area contributed by atoms with Gasteiger partial charge in [-0.3, -0.25) is 4.79 Å². The van der Waals surface area contributed by atoms with E-state index in [2.05, 4.69) is 5.32 Å². The van der Waals surface area contributed by atoms with Gasteiger partial charge < -0.3 is 14.5 Å². The molecule has 1 atom stereocenters. The molecule has 0 saturated carbocycles. The van der Waals surface area contributed by atoms with E-state index in [0.717, 1.165) is 11.4 Å². The molecule has 8 heteroatoms. The second-order valence-corrected chi connectivity index (χ2v) is 7.67. The molecule has 140 valence electrons. The Kier molecular flexibility index (Phi) is 5.21. The molecule has 0 saturated heterocycles. The molecule has 0 radical (unpaired) electrons. The van der Waals surface area contributed by atoms with E-state index in [9.17, 15) is 13.6 Å². The number of amides is 1. The topological polar surface area (TPSA) is 39.0 Å². The van der Waals surface area contributed by atoms with Crippen LogP contribution in [0.4, 0.5) is 8.78 Å². The lowest BCUT2D eigenvalue weighted by Gasteiger charge is -2.14. The number of halogens is 3. The highest BCUT2D eigenvalue weighted by atomic mass is 35.5. The van der Waals surface area contributed by atoms with Crippen molar-refractivity contribution in [3.63, 3.8) is 0 Å². The Morgan fingerprint density at radius 3 is 2.77 bits per heavy atom. The van der Waals surface area contributed by atoms with Crippen molar-refractivity contribution in [1.29, 1.82) is 0 Å². The molecule has 3 rings (SSSR count). The fraction of sp³-hybridized carbons (Fsp3) is 0.444. The average Bonchev–Trinajstić information content (AvgIpc) is 3.06. The lowest BCUT2D eigenvalue weighted by molar-refractivity contribution is -0.121. The van der Waals surface area contributed by atoms with Gasteiger partial charge in [-0.2, -0.15) is 0 Å². The summed E-state index contributed by atoms with van der Waals surface area (Å²) < 4.78 is 32.8. The predicted octanol–water partition coefficient (Wildman–Crippen LogP) is 3.89. The van der Waals surface area contributed by atoms with Gasteiger partial charge >= 0.3 is 0 Å². The first-order valence-electron chi connectivity index (χ1n) is 8.40. The van der Waals surface area contributed by atoms with Crippen LogP contribution >= 0.6 is 23.8 Å². The van der Waals surface area contributed by atoms with Crippen LogP contribution in [0, 0.1) is 16.4 Å². The van der Waals surface area contributed by atoms with Crippen LogP contribution in [0.3, 0.4) is 0 Å². The van der Waals surface area contributed by atoms with E-state index in [1.54, 1.807) is 11.6 Å². The highest BCUT2D eigenvalue weighted by molar-refractivity contribution is 7.71. The summed E-state index contributed by atoms with van der Waals surface area (Å²) in [7, 11) is 1.81. The summed E-state index contributed by atoms with van der Waals surface area (Å²) in [5, 5.41) is 2.76. The van der Waals surface area contributed by atoms with Crippen molar-refractivity contribution in [2.24, 2.45) is 7.05 Å². The summed E-state index contributed by atoms with van der Waals surface area (Å²) in [4.78, 5) is 12.2. The molecule has 4 nitrogen and oxygen atoms in total. The largest absolute Gasteiger partial charge is 0.354 e.